The van der Waals surface area contributed by atoms with Crippen LogP contribution in [0.15, 0.2) is 30.3 Å². The fourth-order valence-corrected chi connectivity index (χ4v) is 3.75. The lowest BCUT2D eigenvalue weighted by Gasteiger charge is -2.31. The maximum absolute atomic E-state index is 12.8. The summed E-state index contributed by atoms with van der Waals surface area (Å²) in [6.07, 6.45) is 2.82. The van der Waals surface area contributed by atoms with Gasteiger partial charge in [0, 0.05) is 25.2 Å². The van der Waals surface area contributed by atoms with E-state index in [0.717, 1.165) is 30.8 Å². The van der Waals surface area contributed by atoms with Gasteiger partial charge in [-0.25, -0.2) is 0 Å². The van der Waals surface area contributed by atoms with Gasteiger partial charge in [0.05, 0.1) is 5.69 Å². The summed E-state index contributed by atoms with van der Waals surface area (Å²) in [5, 5.41) is 9.48. The van der Waals surface area contributed by atoms with E-state index in [4.69, 9.17) is 5.73 Å². The number of rotatable bonds is 4. The number of nitriles is 1. The summed E-state index contributed by atoms with van der Waals surface area (Å²) in [6.45, 7) is 6.00. The minimum atomic E-state index is 0.0640. The van der Waals surface area contributed by atoms with E-state index >= 15 is 0 Å². The van der Waals surface area contributed by atoms with E-state index in [0.29, 0.717) is 23.7 Å². The molecule has 1 atom stereocenters. The van der Waals surface area contributed by atoms with Crippen molar-refractivity contribution in [2.24, 2.45) is 5.92 Å². The number of nitrogens with two attached hydrogens (primary N) is 1. The summed E-state index contributed by atoms with van der Waals surface area (Å²) < 4.78 is 1.79. The van der Waals surface area contributed by atoms with Crippen LogP contribution in [0.1, 0.15) is 42.3 Å². The number of aromatic nitrogens is 1. The van der Waals surface area contributed by atoms with Crippen LogP contribution in [0.25, 0.3) is 0 Å². The Hall–Kier alpha value is -2.74. The highest BCUT2D eigenvalue weighted by Gasteiger charge is 2.23. The van der Waals surface area contributed by atoms with Crippen molar-refractivity contribution in [1.29, 1.82) is 5.26 Å². The molecule has 0 bridgehead atoms. The molecule has 3 rings (SSSR count). The lowest BCUT2D eigenvalue weighted by molar-refractivity contribution is -0.133. The Morgan fingerprint density at radius 3 is 2.88 bits per heavy atom. The minimum absolute atomic E-state index is 0.0640. The lowest BCUT2D eigenvalue weighted by Crippen LogP contribution is -2.41. The molecule has 1 saturated heterocycles. The Balaban J connectivity index is 1.86. The molecule has 1 amide bonds. The largest absolute Gasteiger partial charge is 0.397 e. The van der Waals surface area contributed by atoms with Crippen molar-refractivity contribution in [2.75, 3.05) is 18.8 Å². The van der Waals surface area contributed by atoms with Gasteiger partial charge in [0.2, 0.25) is 5.91 Å². The summed E-state index contributed by atoms with van der Waals surface area (Å²) in [5.41, 5.74) is 10.3. The zero-order chi connectivity index (χ0) is 18.7. The molecular formula is C21H26N4O. The van der Waals surface area contributed by atoms with E-state index in [2.05, 4.69) is 19.1 Å². The van der Waals surface area contributed by atoms with Gasteiger partial charge in [-0.05, 0) is 37.3 Å². The fourth-order valence-electron chi connectivity index (χ4n) is 3.75. The second-order valence-corrected chi connectivity index (χ2v) is 7.38. The van der Waals surface area contributed by atoms with Crippen LogP contribution in [0.4, 0.5) is 5.69 Å². The first-order chi connectivity index (χ1) is 12.5. The zero-order valence-electron chi connectivity index (χ0n) is 15.5. The number of nitrogen functional groups attached to an aromatic ring is 1. The maximum Gasteiger partial charge on any atom is 0.242 e. The number of amides is 1. The summed E-state index contributed by atoms with van der Waals surface area (Å²) >= 11 is 0. The predicted octanol–water partition coefficient (Wildman–Crippen LogP) is 3.10. The van der Waals surface area contributed by atoms with Crippen molar-refractivity contribution in [1.82, 2.24) is 9.47 Å². The van der Waals surface area contributed by atoms with E-state index in [9.17, 15) is 10.1 Å². The highest BCUT2D eigenvalue weighted by atomic mass is 16.2. The normalized spacial score (nSPS) is 17.1. The molecule has 1 aliphatic rings. The van der Waals surface area contributed by atoms with Gasteiger partial charge in [-0.1, -0.05) is 36.8 Å². The van der Waals surface area contributed by atoms with Crippen LogP contribution in [0.2, 0.25) is 0 Å². The number of anilines is 1. The predicted molar refractivity (Wildman–Crippen MR) is 103 cm³/mol. The van der Waals surface area contributed by atoms with Crippen molar-refractivity contribution >= 4 is 11.6 Å². The van der Waals surface area contributed by atoms with Crippen LogP contribution in [0, 0.1) is 24.2 Å². The van der Waals surface area contributed by atoms with Crippen LogP contribution in [-0.4, -0.2) is 28.5 Å². The van der Waals surface area contributed by atoms with E-state index in [-0.39, 0.29) is 12.5 Å². The van der Waals surface area contributed by atoms with Crippen LogP contribution >= 0.6 is 0 Å². The van der Waals surface area contributed by atoms with Gasteiger partial charge in [-0.2, -0.15) is 5.26 Å². The number of piperidine rings is 1. The molecule has 1 aromatic carbocycles. The average Bonchev–Trinajstić information content (AvgIpc) is 2.90. The summed E-state index contributed by atoms with van der Waals surface area (Å²) in [5.74, 6) is 0.596. The Labute approximate surface area is 155 Å². The van der Waals surface area contributed by atoms with E-state index in [1.807, 2.05) is 30.0 Å². The Kier molecular flexibility index (Phi) is 5.32. The van der Waals surface area contributed by atoms with Crippen molar-refractivity contribution in [3.05, 3.63) is 52.8 Å². The molecular weight excluding hydrogens is 324 g/mol. The molecule has 0 radical (unpaired) electrons. The quantitative estimate of drug-likeness (QED) is 0.920. The van der Waals surface area contributed by atoms with E-state index in [1.165, 1.54) is 12.0 Å². The highest BCUT2D eigenvalue weighted by Crippen LogP contribution is 2.23. The standard InChI is InChI=1S/C21H26N4O/c1-15-5-3-7-17(9-15)10-20-19(23)11-18(12-22)25(20)14-21(26)24-8-4-6-16(2)13-24/h3,5,7,9,11,16H,4,6,8,10,13-14,23H2,1-2H3/t16-/m0/s1. The third-order valence-electron chi connectivity index (χ3n) is 5.11. The molecule has 1 fully saturated rings. The number of nitrogens with zero attached hydrogens (tertiary/aromatic N) is 3. The minimum Gasteiger partial charge on any atom is -0.397 e. The first kappa shape index (κ1) is 18.1. The SMILES string of the molecule is Cc1cccc(Cc2c(N)cc(C#N)n2CC(=O)N2CCC[C@H](C)C2)c1. The number of hydrogen-bond donors (Lipinski definition) is 1. The molecule has 136 valence electrons. The van der Waals surface area contributed by atoms with Crippen LogP contribution in [0.5, 0.6) is 0 Å². The van der Waals surface area contributed by atoms with Crippen molar-refractivity contribution in [3.63, 3.8) is 0 Å². The topological polar surface area (TPSA) is 75.0 Å². The highest BCUT2D eigenvalue weighted by molar-refractivity contribution is 5.77. The summed E-state index contributed by atoms with van der Waals surface area (Å²) in [7, 11) is 0. The fraction of sp³-hybridized carbons (Fsp3) is 0.429. The van der Waals surface area contributed by atoms with E-state index in [1.54, 1.807) is 10.6 Å². The monoisotopic (exact) mass is 350 g/mol. The summed E-state index contributed by atoms with van der Waals surface area (Å²) in [6, 6.07) is 12.1. The zero-order valence-corrected chi connectivity index (χ0v) is 15.5. The lowest BCUT2D eigenvalue weighted by atomic mass is 10.0. The van der Waals surface area contributed by atoms with Gasteiger partial charge in [0.25, 0.3) is 0 Å². The van der Waals surface area contributed by atoms with Crippen LogP contribution in [0.3, 0.4) is 0 Å². The second kappa shape index (κ2) is 7.65. The Morgan fingerprint density at radius 2 is 2.19 bits per heavy atom. The van der Waals surface area contributed by atoms with Gasteiger partial charge < -0.3 is 15.2 Å². The van der Waals surface area contributed by atoms with Crippen LogP contribution in [-0.2, 0) is 17.8 Å². The first-order valence-electron chi connectivity index (χ1n) is 9.19. The number of carbonyl (C=O) groups excluding carboxylic acids is 1. The molecule has 0 unspecified atom stereocenters. The summed E-state index contributed by atoms with van der Waals surface area (Å²) in [4.78, 5) is 14.7. The molecule has 0 spiro atoms. The van der Waals surface area contributed by atoms with Gasteiger partial charge in [-0.15, -0.1) is 0 Å². The number of carbonyl (C=O) groups is 1. The molecule has 1 aromatic heterocycles. The van der Waals surface area contributed by atoms with Crippen molar-refractivity contribution < 1.29 is 4.79 Å². The average molecular weight is 350 g/mol. The molecule has 2 heterocycles. The van der Waals surface area contributed by atoms with Gasteiger partial charge >= 0.3 is 0 Å². The molecule has 0 saturated carbocycles. The smallest absolute Gasteiger partial charge is 0.242 e. The van der Waals surface area contributed by atoms with Gasteiger partial charge in [0.15, 0.2) is 0 Å². The maximum atomic E-state index is 12.8. The molecule has 5 nitrogen and oxygen atoms in total. The Morgan fingerprint density at radius 1 is 1.38 bits per heavy atom. The second-order valence-electron chi connectivity index (χ2n) is 7.38. The van der Waals surface area contributed by atoms with Crippen molar-refractivity contribution in [2.45, 2.75) is 39.7 Å². The van der Waals surface area contributed by atoms with Gasteiger partial charge in [-0.3, -0.25) is 4.79 Å². The Bertz CT molecular complexity index is 846. The number of benzene rings is 1. The number of hydrogen-bond acceptors (Lipinski definition) is 3. The van der Waals surface area contributed by atoms with Crippen molar-refractivity contribution in [3.8, 4) is 6.07 Å². The molecule has 2 aromatic rings. The molecule has 5 heteroatoms. The first-order valence-corrected chi connectivity index (χ1v) is 9.19. The third kappa shape index (κ3) is 3.91. The van der Waals surface area contributed by atoms with Gasteiger partial charge in [0.1, 0.15) is 18.3 Å². The molecule has 2 N–H and O–H groups in total. The molecule has 26 heavy (non-hydrogen) atoms. The number of likely N-dealkylation sites (tertiary alicyclic amines) is 1. The molecule has 1 aliphatic heterocycles. The van der Waals surface area contributed by atoms with E-state index < -0.39 is 0 Å². The third-order valence-corrected chi connectivity index (χ3v) is 5.11. The number of aryl methyl sites for hydroxylation is 1. The molecule has 0 aliphatic carbocycles. The van der Waals surface area contributed by atoms with Crippen LogP contribution < -0.4 is 5.73 Å².